The summed E-state index contributed by atoms with van der Waals surface area (Å²) in [6.45, 7) is 6.53. The number of rotatable bonds is 6. The van der Waals surface area contributed by atoms with Crippen LogP contribution in [0.5, 0.6) is 0 Å². The van der Waals surface area contributed by atoms with Gasteiger partial charge in [0.1, 0.15) is 11.2 Å². The van der Waals surface area contributed by atoms with Gasteiger partial charge in [-0.2, -0.15) is 4.98 Å². The van der Waals surface area contributed by atoms with E-state index in [1.165, 1.54) is 18.4 Å². The fourth-order valence-electron chi connectivity index (χ4n) is 6.60. The molecule has 2 fully saturated rings. The molecule has 1 N–H and O–H groups in total. The summed E-state index contributed by atoms with van der Waals surface area (Å²) in [4.78, 5) is 31.8. The van der Waals surface area contributed by atoms with Crippen molar-refractivity contribution in [3.63, 3.8) is 0 Å². The first-order chi connectivity index (χ1) is 20.9. The lowest BCUT2D eigenvalue weighted by Gasteiger charge is -2.41. The highest BCUT2D eigenvalue weighted by molar-refractivity contribution is 6.30. The van der Waals surface area contributed by atoms with Crippen LogP contribution < -0.4 is 10.7 Å². The molecule has 7 rings (SSSR count). The molecule has 43 heavy (non-hydrogen) atoms. The molecule has 222 valence electrons. The molecule has 1 aliphatic heterocycles. The zero-order chi connectivity index (χ0) is 29.5. The van der Waals surface area contributed by atoms with Crippen LogP contribution in [-0.2, 0) is 11.3 Å². The van der Waals surface area contributed by atoms with E-state index in [1.54, 1.807) is 0 Å². The van der Waals surface area contributed by atoms with E-state index in [2.05, 4.69) is 57.7 Å². The van der Waals surface area contributed by atoms with E-state index in [-0.39, 0.29) is 23.8 Å². The molecule has 2 aliphatic rings. The van der Waals surface area contributed by atoms with E-state index in [0.29, 0.717) is 35.4 Å². The van der Waals surface area contributed by atoms with Crippen LogP contribution in [0.2, 0.25) is 5.02 Å². The summed E-state index contributed by atoms with van der Waals surface area (Å²) in [6, 6.07) is 18.0. The third-order valence-electron chi connectivity index (χ3n) is 8.80. The number of anilines is 1. The molecule has 11 heteroatoms. The standard InChI is InChI=1S/C32H34ClN7O3/c1-19-11-13-21(14-12-19)18-40-27-25(23-9-6-10-24(33)17-23)34-29(30-37-32(41)43-38-30)35-28(27)36-31(40)39-15-16-42-20(2)26(39)22-7-4-3-5-8-22/h3-10,17,19-21,26H,11-16,18H2,1-2H3,(H,37,38,41)/t19?,20-,21?,26-/m0/s1. The minimum absolute atomic E-state index is 0.0363. The van der Waals surface area contributed by atoms with Gasteiger partial charge in [-0.1, -0.05) is 79.0 Å². The van der Waals surface area contributed by atoms with Gasteiger partial charge in [0.05, 0.1) is 18.8 Å². The van der Waals surface area contributed by atoms with Gasteiger partial charge in [0.25, 0.3) is 0 Å². The molecule has 10 nitrogen and oxygen atoms in total. The van der Waals surface area contributed by atoms with E-state index < -0.39 is 5.76 Å². The number of benzene rings is 2. The smallest absolute Gasteiger partial charge is 0.374 e. The Morgan fingerprint density at radius 3 is 2.56 bits per heavy atom. The predicted octanol–water partition coefficient (Wildman–Crippen LogP) is 6.28. The summed E-state index contributed by atoms with van der Waals surface area (Å²) >= 11 is 6.48. The zero-order valence-corrected chi connectivity index (χ0v) is 25.0. The van der Waals surface area contributed by atoms with Crippen LogP contribution in [0.15, 0.2) is 63.9 Å². The number of ether oxygens (including phenoxy) is 1. The van der Waals surface area contributed by atoms with Crippen molar-refractivity contribution in [3.05, 3.63) is 75.7 Å². The van der Waals surface area contributed by atoms with Crippen LogP contribution >= 0.6 is 11.6 Å². The van der Waals surface area contributed by atoms with E-state index in [9.17, 15) is 4.79 Å². The second kappa shape index (κ2) is 11.6. The number of hydrogen-bond donors (Lipinski definition) is 1. The molecule has 3 aromatic heterocycles. The lowest BCUT2D eigenvalue weighted by molar-refractivity contribution is 0.0221. The molecule has 0 amide bonds. The van der Waals surface area contributed by atoms with Gasteiger partial charge in [0.15, 0.2) is 5.65 Å². The van der Waals surface area contributed by atoms with Gasteiger partial charge in [-0.25, -0.2) is 14.8 Å². The third-order valence-corrected chi connectivity index (χ3v) is 9.04. The highest BCUT2D eigenvalue weighted by Crippen LogP contribution is 2.40. The number of nitrogens with one attached hydrogen (secondary N) is 1. The van der Waals surface area contributed by atoms with E-state index in [1.807, 2.05) is 30.3 Å². The summed E-state index contributed by atoms with van der Waals surface area (Å²) in [5.74, 6) is 1.78. The SMILES string of the molecule is CC1CCC(Cn2c(N3CCO[C@@H](C)[C@H]3c3ccccc3)nc3nc(-c4noc(=O)[nH]4)nc(-c4cccc(Cl)c4)c32)CC1. The van der Waals surface area contributed by atoms with Gasteiger partial charge in [-0.05, 0) is 49.3 Å². The summed E-state index contributed by atoms with van der Waals surface area (Å²) < 4.78 is 13.3. The van der Waals surface area contributed by atoms with Crippen LogP contribution in [0.4, 0.5) is 5.95 Å². The molecule has 0 spiro atoms. The number of aromatic amines is 1. The number of morpholine rings is 1. The van der Waals surface area contributed by atoms with Gasteiger partial charge in [-0.15, -0.1) is 0 Å². The lowest BCUT2D eigenvalue weighted by atomic mass is 9.83. The van der Waals surface area contributed by atoms with Crippen molar-refractivity contribution in [2.24, 2.45) is 11.8 Å². The molecule has 0 bridgehead atoms. The van der Waals surface area contributed by atoms with E-state index >= 15 is 0 Å². The van der Waals surface area contributed by atoms with Crippen molar-refractivity contribution in [2.75, 3.05) is 18.1 Å². The Bertz CT molecular complexity index is 1790. The summed E-state index contributed by atoms with van der Waals surface area (Å²) in [6.07, 6.45) is 4.71. The number of nitrogens with zero attached hydrogens (tertiary/aromatic N) is 6. The first kappa shape index (κ1) is 27.8. The largest absolute Gasteiger partial charge is 0.439 e. The number of aromatic nitrogens is 6. The Kier molecular flexibility index (Phi) is 7.48. The van der Waals surface area contributed by atoms with Crippen molar-refractivity contribution in [1.82, 2.24) is 29.7 Å². The fourth-order valence-corrected chi connectivity index (χ4v) is 6.79. The summed E-state index contributed by atoms with van der Waals surface area (Å²) in [5.41, 5.74) is 4.02. The number of fused-ring (bicyclic) bond motifs is 1. The van der Waals surface area contributed by atoms with E-state index in [4.69, 9.17) is 35.8 Å². The van der Waals surface area contributed by atoms with Crippen LogP contribution in [0, 0.1) is 11.8 Å². The van der Waals surface area contributed by atoms with Crippen LogP contribution in [0.1, 0.15) is 51.1 Å². The maximum Gasteiger partial charge on any atom is 0.439 e. The number of halogens is 1. The predicted molar refractivity (Wildman–Crippen MR) is 165 cm³/mol. The van der Waals surface area contributed by atoms with Gasteiger partial charge in [0, 0.05) is 23.7 Å². The Labute approximate surface area is 254 Å². The second-order valence-corrected chi connectivity index (χ2v) is 12.2. The van der Waals surface area contributed by atoms with Crippen molar-refractivity contribution < 1.29 is 9.26 Å². The highest BCUT2D eigenvalue weighted by atomic mass is 35.5. The quantitative estimate of drug-likeness (QED) is 0.242. The molecule has 5 aromatic rings. The molecule has 0 unspecified atom stereocenters. The average molecular weight is 600 g/mol. The molecule has 2 atom stereocenters. The normalized spacial score (nSPS) is 22.7. The maximum absolute atomic E-state index is 11.8. The monoisotopic (exact) mass is 599 g/mol. The van der Waals surface area contributed by atoms with Crippen LogP contribution in [0.25, 0.3) is 34.1 Å². The average Bonchev–Trinajstić information content (AvgIpc) is 3.61. The van der Waals surface area contributed by atoms with Crippen molar-refractivity contribution in [1.29, 1.82) is 0 Å². The number of imidazole rings is 1. The first-order valence-corrected chi connectivity index (χ1v) is 15.4. The van der Waals surface area contributed by atoms with Gasteiger partial charge in [0.2, 0.25) is 17.6 Å². The van der Waals surface area contributed by atoms with Crippen molar-refractivity contribution >= 4 is 28.7 Å². The Hall–Kier alpha value is -4.02. The Morgan fingerprint density at radius 1 is 1.00 bits per heavy atom. The lowest BCUT2D eigenvalue weighted by Crippen LogP contribution is -2.45. The van der Waals surface area contributed by atoms with Crippen LogP contribution in [-0.4, -0.2) is 48.9 Å². The van der Waals surface area contributed by atoms with Crippen molar-refractivity contribution in [3.8, 4) is 22.9 Å². The number of hydrogen-bond acceptors (Lipinski definition) is 8. The maximum atomic E-state index is 11.8. The number of H-pyrrole nitrogens is 1. The fraction of sp³-hybridized carbons (Fsp3) is 0.406. The molecular formula is C32H34ClN7O3. The van der Waals surface area contributed by atoms with Gasteiger partial charge in [-0.3, -0.25) is 9.51 Å². The molecule has 0 radical (unpaired) electrons. The summed E-state index contributed by atoms with van der Waals surface area (Å²) in [5, 5.41) is 4.47. The third kappa shape index (κ3) is 5.45. The zero-order valence-electron chi connectivity index (χ0n) is 24.2. The molecule has 1 saturated carbocycles. The highest BCUT2D eigenvalue weighted by Gasteiger charge is 2.35. The van der Waals surface area contributed by atoms with Gasteiger partial charge >= 0.3 is 5.76 Å². The van der Waals surface area contributed by atoms with Crippen molar-refractivity contribution in [2.45, 2.75) is 58.2 Å². The van der Waals surface area contributed by atoms with Crippen LogP contribution in [0.3, 0.4) is 0 Å². The Morgan fingerprint density at radius 2 is 1.81 bits per heavy atom. The Balaban J connectivity index is 1.46. The minimum Gasteiger partial charge on any atom is -0.374 e. The molecule has 4 heterocycles. The van der Waals surface area contributed by atoms with E-state index in [0.717, 1.165) is 42.3 Å². The topological polar surface area (TPSA) is 115 Å². The molecule has 1 saturated heterocycles. The molecule has 1 aliphatic carbocycles. The molecule has 2 aromatic carbocycles. The molecular weight excluding hydrogens is 566 g/mol. The summed E-state index contributed by atoms with van der Waals surface area (Å²) in [7, 11) is 0. The first-order valence-electron chi connectivity index (χ1n) is 15.0. The second-order valence-electron chi connectivity index (χ2n) is 11.8. The minimum atomic E-state index is -0.672. The van der Waals surface area contributed by atoms with Gasteiger partial charge < -0.3 is 14.2 Å².